The first-order valence-corrected chi connectivity index (χ1v) is 6.96. The molecule has 4 nitrogen and oxygen atoms in total. The molecule has 0 aliphatic carbocycles. The minimum atomic E-state index is -0.370. The van der Waals surface area contributed by atoms with E-state index in [1.165, 1.54) is 6.08 Å². The topological polar surface area (TPSA) is 52.1 Å². The molecule has 0 fully saturated rings. The van der Waals surface area contributed by atoms with Gasteiger partial charge in [0.05, 0.1) is 18.0 Å². The van der Waals surface area contributed by atoms with Crippen LogP contribution in [-0.4, -0.2) is 22.5 Å². The highest BCUT2D eigenvalue weighted by Gasteiger charge is 2.02. The van der Waals surface area contributed by atoms with Gasteiger partial charge in [-0.3, -0.25) is 9.97 Å². The van der Waals surface area contributed by atoms with E-state index < -0.39 is 0 Å². The second-order valence-electron chi connectivity index (χ2n) is 4.56. The fourth-order valence-corrected chi connectivity index (χ4v) is 1.92. The predicted octanol–water partition coefficient (Wildman–Crippen LogP) is 3.20. The molecule has 2 heterocycles. The third kappa shape index (κ3) is 4.84. The lowest BCUT2D eigenvalue weighted by atomic mass is 10.1. The molecule has 21 heavy (non-hydrogen) atoms. The Hall–Kier alpha value is -2.49. The van der Waals surface area contributed by atoms with E-state index in [1.807, 2.05) is 36.4 Å². The number of pyridine rings is 2. The first-order chi connectivity index (χ1) is 10.3. The standard InChI is InChI=1S/C17H18N2O2/c1-2-17(20)21-13-6-4-8-14-9-7-11-16(19-14)15-10-3-5-12-18-15/h2-3,5,7,9-12H,1,4,6,8,13H2. The second kappa shape index (κ2) is 7.94. The lowest BCUT2D eigenvalue weighted by Gasteiger charge is -2.05. The largest absolute Gasteiger partial charge is 0.463 e. The van der Waals surface area contributed by atoms with Crippen molar-refractivity contribution in [2.75, 3.05) is 6.61 Å². The van der Waals surface area contributed by atoms with Gasteiger partial charge >= 0.3 is 5.97 Å². The van der Waals surface area contributed by atoms with Crippen LogP contribution in [0, 0.1) is 0 Å². The highest BCUT2D eigenvalue weighted by atomic mass is 16.5. The van der Waals surface area contributed by atoms with Crippen molar-refractivity contribution in [3.63, 3.8) is 0 Å². The van der Waals surface area contributed by atoms with Gasteiger partial charge in [0.2, 0.25) is 0 Å². The number of esters is 1. The predicted molar refractivity (Wildman–Crippen MR) is 81.6 cm³/mol. The van der Waals surface area contributed by atoms with Crippen molar-refractivity contribution in [2.45, 2.75) is 19.3 Å². The third-order valence-electron chi connectivity index (χ3n) is 2.97. The van der Waals surface area contributed by atoms with Gasteiger partial charge < -0.3 is 4.74 Å². The normalized spacial score (nSPS) is 10.1. The van der Waals surface area contributed by atoms with Crippen LogP contribution in [0.1, 0.15) is 18.5 Å². The molecule has 2 aromatic rings. The van der Waals surface area contributed by atoms with E-state index in [9.17, 15) is 4.79 Å². The number of carbonyl (C=O) groups is 1. The summed E-state index contributed by atoms with van der Waals surface area (Å²) in [4.78, 5) is 19.8. The maximum absolute atomic E-state index is 10.9. The van der Waals surface area contributed by atoms with E-state index in [1.54, 1.807) is 6.20 Å². The van der Waals surface area contributed by atoms with Crippen LogP contribution >= 0.6 is 0 Å². The molecule has 0 saturated heterocycles. The third-order valence-corrected chi connectivity index (χ3v) is 2.97. The molecule has 0 unspecified atom stereocenters. The quantitative estimate of drug-likeness (QED) is 0.444. The first kappa shape index (κ1) is 14.9. The van der Waals surface area contributed by atoms with Crippen molar-refractivity contribution in [1.29, 1.82) is 0 Å². The summed E-state index contributed by atoms with van der Waals surface area (Å²) in [5.74, 6) is -0.370. The number of aryl methyl sites for hydroxylation is 1. The van der Waals surface area contributed by atoms with Crippen molar-refractivity contribution in [2.24, 2.45) is 0 Å². The lowest BCUT2D eigenvalue weighted by Crippen LogP contribution is -2.02. The first-order valence-electron chi connectivity index (χ1n) is 6.96. The van der Waals surface area contributed by atoms with E-state index in [-0.39, 0.29) is 5.97 Å². The highest BCUT2D eigenvalue weighted by molar-refractivity contribution is 5.81. The van der Waals surface area contributed by atoms with Crippen LogP contribution in [0.2, 0.25) is 0 Å². The molecular weight excluding hydrogens is 264 g/mol. The molecular formula is C17H18N2O2. The number of rotatable bonds is 7. The Kier molecular flexibility index (Phi) is 5.64. The van der Waals surface area contributed by atoms with Crippen molar-refractivity contribution in [1.82, 2.24) is 9.97 Å². The number of nitrogens with zero attached hydrogens (tertiary/aromatic N) is 2. The summed E-state index contributed by atoms with van der Waals surface area (Å²) in [6.07, 6.45) is 5.53. The van der Waals surface area contributed by atoms with Gasteiger partial charge in [-0.1, -0.05) is 18.7 Å². The number of ether oxygens (including phenoxy) is 1. The summed E-state index contributed by atoms with van der Waals surface area (Å²) in [7, 11) is 0. The molecule has 0 atom stereocenters. The van der Waals surface area contributed by atoms with Gasteiger partial charge in [-0.15, -0.1) is 0 Å². The summed E-state index contributed by atoms with van der Waals surface area (Å²) >= 11 is 0. The Balaban J connectivity index is 1.84. The SMILES string of the molecule is C=CC(=O)OCCCCc1cccc(-c2ccccn2)n1. The molecule has 2 aromatic heterocycles. The number of hydrogen-bond donors (Lipinski definition) is 0. The summed E-state index contributed by atoms with van der Waals surface area (Å²) in [6.45, 7) is 3.78. The molecule has 4 heteroatoms. The van der Waals surface area contributed by atoms with Gasteiger partial charge in [0.25, 0.3) is 0 Å². The number of carbonyl (C=O) groups excluding carboxylic acids is 1. The molecule has 0 N–H and O–H groups in total. The minimum Gasteiger partial charge on any atom is -0.463 e. The van der Waals surface area contributed by atoms with Gasteiger partial charge in [0.15, 0.2) is 0 Å². The maximum atomic E-state index is 10.9. The van der Waals surface area contributed by atoms with Gasteiger partial charge in [0, 0.05) is 18.0 Å². The zero-order valence-corrected chi connectivity index (χ0v) is 11.9. The van der Waals surface area contributed by atoms with Gasteiger partial charge in [0.1, 0.15) is 0 Å². The Morgan fingerprint density at radius 2 is 2.00 bits per heavy atom. The van der Waals surface area contributed by atoms with Crippen molar-refractivity contribution < 1.29 is 9.53 Å². The molecule has 108 valence electrons. The van der Waals surface area contributed by atoms with Crippen molar-refractivity contribution in [3.05, 3.63) is 60.9 Å². The molecule has 0 spiro atoms. The molecule has 0 bridgehead atoms. The molecule has 0 aromatic carbocycles. The Morgan fingerprint density at radius 3 is 2.76 bits per heavy atom. The second-order valence-corrected chi connectivity index (χ2v) is 4.56. The Labute approximate surface area is 124 Å². The van der Waals surface area contributed by atoms with Crippen LogP contribution in [0.15, 0.2) is 55.3 Å². The average molecular weight is 282 g/mol. The van der Waals surface area contributed by atoms with Crippen LogP contribution in [0.3, 0.4) is 0 Å². The van der Waals surface area contributed by atoms with Gasteiger partial charge in [-0.25, -0.2) is 4.79 Å². The van der Waals surface area contributed by atoms with E-state index in [0.717, 1.165) is 36.3 Å². The van der Waals surface area contributed by atoms with Crippen LogP contribution in [0.25, 0.3) is 11.4 Å². The number of unbranched alkanes of at least 4 members (excludes halogenated alkanes) is 1. The van der Waals surface area contributed by atoms with Crippen LogP contribution in [-0.2, 0) is 16.0 Å². The van der Waals surface area contributed by atoms with E-state index >= 15 is 0 Å². The van der Waals surface area contributed by atoms with Crippen LogP contribution in [0.4, 0.5) is 0 Å². The molecule has 0 saturated carbocycles. The Morgan fingerprint density at radius 1 is 1.14 bits per heavy atom. The molecule has 0 radical (unpaired) electrons. The molecule has 0 amide bonds. The molecule has 2 rings (SSSR count). The zero-order valence-electron chi connectivity index (χ0n) is 11.9. The van der Waals surface area contributed by atoms with Crippen molar-refractivity contribution in [3.8, 4) is 11.4 Å². The minimum absolute atomic E-state index is 0.370. The summed E-state index contributed by atoms with van der Waals surface area (Å²) in [5, 5.41) is 0. The van der Waals surface area contributed by atoms with Crippen LogP contribution < -0.4 is 0 Å². The summed E-state index contributed by atoms with van der Waals surface area (Å²) in [5.41, 5.74) is 2.78. The molecule has 0 aliphatic heterocycles. The maximum Gasteiger partial charge on any atom is 0.330 e. The van der Waals surface area contributed by atoms with Crippen LogP contribution in [0.5, 0.6) is 0 Å². The lowest BCUT2D eigenvalue weighted by molar-refractivity contribution is -0.137. The summed E-state index contributed by atoms with van der Waals surface area (Å²) in [6, 6.07) is 11.7. The average Bonchev–Trinajstić information content (AvgIpc) is 2.55. The Bertz CT molecular complexity index is 597. The number of aromatic nitrogens is 2. The smallest absolute Gasteiger partial charge is 0.330 e. The fourth-order valence-electron chi connectivity index (χ4n) is 1.92. The fraction of sp³-hybridized carbons (Fsp3) is 0.235. The van der Waals surface area contributed by atoms with Gasteiger partial charge in [-0.2, -0.15) is 0 Å². The highest BCUT2D eigenvalue weighted by Crippen LogP contribution is 2.14. The van der Waals surface area contributed by atoms with E-state index in [0.29, 0.717) is 6.61 Å². The van der Waals surface area contributed by atoms with E-state index in [2.05, 4.69) is 16.5 Å². The molecule has 0 aliphatic rings. The summed E-state index contributed by atoms with van der Waals surface area (Å²) < 4.78 is 4.93. The van der Waals surface area contributed by atoms with E-state index in [4.69, 9.17) is 4.74 Å². The monoisotopic (exact) mass is 282 g/mol. The van der Waals surface area contributed by atoms with Crippen molar-refractivity contribution >= 4 is 5.97 Å². The van der Waals surface area contributed by atoms with Gasteiger partial charge in [-0.05, 0) is 43.5 Å². The number of hydrogen-bond acceptors (Lipinski definition) is 4. The zero-order chi connectivity index (χ0) is 14.9.